The van der Waals surface area contributed by atoms with Crippen LogP contribution in [0.2, 0.25) is 0 Å². The maximum atomic E-state index is 13.2. The van der Waals surface area contributed by atoms with Gasteiger partial charge in [-0.3, -0.25) is 14.5 Å². The molecule has 0 aromatic heterocycles. The van der Waals surface area contributed by atoms with Gasteiger partial charge >= 0.3 is 0 Å². The summed E-state index contributed by atoms with van der Waals surface area (Å²) in [5.41, 5.74) is 0.228. The normalized spacial score (nSPS) is 15.2. The molecule has 23 heavy (non-hydrogen) atoms. The zero-order chi connectivity index (χ0) is 16.7. The molecular weight excluding hydrogens is 416 g/mol. The van der Waals surface area contributed by atoms with Gasteiger partial charge in [0.1, 0.15) is 5.82 Å². The molecule has 0 spiro atoms. The lowest BCUT2D eigenvalue weighted by atomic mass is 10.2. The standard InChI is InChI=1S/C15H19FIN3O3/c16-11-1-2-13(17)12(9-11)15(22)19-10-14(21)18-3-4-20-5-7-23-8-6-20/h1-2,9H,3-8,10H2,(H,18,21)(H,19,22). The molecule has 2 N–H and O–H groups in total. The van der Waals surface area contributed by atoms with Crippen molar-refractivity contribution in [1.29, 1.82) is 0 Å². The number of halogens is 2. The van der Waals surface area contributed by atoms with E-state index >= 15 is 0 Å². The summed E-state index contributed by atoms with van der Waals surface area (Å²) >= 11 is 1.95. The lowest BCUT2D eigenvalue weighted by molar-refractivity contribution is -0.120. The van der Waals surface area contributed by atoms with E-state index in [2.05, 4.69) is 15.5 Å². The first-order valence-electron chi connectivity index (χ1n) is 7.36. The smallest absolute Gasteiger partial charge is 0.252 e. The van der Waals surface area contributed by atoms with Crippen molar-refractivity contribution in [1.82, 2.24) is 15.5 Å². The first kappa shape index (κ1) is 18.1. The SMILES string of the molecule is O=C(CNC(=O)c1cc(F)ccc1I)NCCN1CCOCC1. The fourth-order valence-corrected chi connectivity index (χ4v) is 2.75. The molecule has 1 saturated heterocycles. The first-order valence-corrected chi connectivity index (χ1v) is 8.44. The molecule has 2 rings (SSSR count). The fraction of sp³-hybridized carbons (Fsp3) is 0.467. The Morgan fingerprint density at radius 2 is 2.00 bits per heavy atom. The van der Waals surface area contributed by atoms with Crippen LogP contribution >= 0.6 is 22.6 Å². The number of carbonyl (C=O) groups is 2. The quantitative estimate of drug-likeness (QED) is 0.643. The van der Waals surface area contributed by atoms with Crippen LogP contribution in [0.4, 0.5) is 4.39 Å². The van der Waals surface area contributed by atoms with Crippen molar-refractivity contribution in [3.8, 4) is 0 Å². The van der Waals surface area contributed by atoms with Crippen LogP contribution < -0.4 is 10.6 Å². The zero-order valence-electron chi connectivity index (χ0n) is 12.6. The Balaban J connectivity index is 1.69. The number of benzene rings is 1. The van der Waals surface area contributed by atoms with Crippen LogP contribution in [-0.4, -0.2) is 62.7 Å². The number of ether oxygens (including phenoxy) is 1. The van der Waals surface area contributed by atoms with E-state index in [-0.39, 0.29) is 18.0 Å². The number of carbonyl (C=O) groups excluding carboxylic acids is 2. The molecule has 8 heteroatoms. The Morgan fingerprint density at radius 3 is 2.74 bits per heavy atom. The van der Waals surface area contributed by atoms with E-state index in [1.54, 1.807) is 0 Å². The molecule has 1 aliphatic rings. The molecule has 126 valence electrons. The molecule has 6 nitrogen and oxygen atoms in total. The summed E-state index contributed by atoms with van der Waals surface area (Å²) in [5, 5.41) is 5.25. The van der Waals surface area contributed by atoms with Crippen molar-refractivity contribution >= 4 is 34.4 Å². The summed E-state index contributed by atoms with van der Waals surface area (Å²) in [7, 11) is 0. The average molecular weight is 435 g/mol. The third-order valence-electron chi connectivity index (χ3n) is 3.44. The van der Waals surface area contributed by atoms with Gasteiger partial charge in [-0.1, -0.05) is 0 Å². The summed E-state index contributed by atoms with van der Waals surface area (Å²) in [6.07, 6.45) is 0. The topological polar surface area (TPSA) is 70.7 Å². The molecule has 1 aromatic rings. The number of hydrogen-bond donors (Lipinski definition) is 2. The Kier molecular flexibility index (Phi) is 7.18. The second-order valence-electron chi connectivity index (χ2n) is 5.11. The van der Waals surface area contributed by atoms with Gasteiger partial charge in [-0.25, -0.2) is 4.39 Å². The van der Waals surface area contributed by atoms with Crippen molar-refractivity contribution in [2.45, 2.75) is 0 Å². The second kappa shape index (κ2) is 9.14. The van der Waals surface area contributed by atoms with Gasteiger partial charge in [-0.15, -0.1) is 0 Å². The fourth-order valence-electron chi connectivity index (χ4n) is 2.17. The predicted molar refractivity (Wildman–Crippen MR) is 91.7 cm³/mol. The Morgan fingerprint density at radius 1 is 1.26 bits per heavy atom. The van der Waals surface area contributed by atoms with Gasteiger partial charge in [-0.2, -0.15) is 0 Å². The summed E-state index contributed by atoms with van der Waals surface area (Å²) < 4.78 is 19.1. The predicted octanol–water partition coefficient (Wildman–Crippen LogP) is 0.609. The van der Waals surface area contributed by atoms with Gasteiger partial charge in [0.05, 0.1) is 25.3 Å². The van der Waals surface area contributed by atoms with E-state index in [0.29, 0.717) is 10.1 Å². The monoisotopic (exact) mass is 435 g/mol. The van der Waals surface area contributed by atoms with E-state index in [1.807, 2.05) is 22.6 Å². The van der Waals surface area contributed by atoms with Crippen LogP contribution in [0, 0.1) is 9.39 Å². The first-order chi connectivity index (χ1) is 11.1. The van der Waals surface area contributed by atoms with E-state index in [1.165, 1.54) is 12.1 Å². The molecule has 1 fully saturated rings. The van der Waals surface area contributed by atoms with Crippen LogP contribution in [0.15, 0.2) is 18.2 Å². The molecular formula is C15H19FIN3O3. The molecule has 1 aliphatic heterocycles. The van der Waals surface area contributed by atoms with Gasteiger partial charge in [0.25, 0.3) is 5.91 Å². The number of nitrogens with one attached hydrogen (secondary N) is 2. The number of hydrogen-bond acceptors (Lipinski definition) is 4. The summed E-state index contributed by atoms with van der Waals surface area (Å²) in [4.78, 5) is 25.9. The van der Waals surface area contributed by atoms with Gasteiger partial charge < -0.3 is 15.4 Å². The third-order valence-corrected chi connectivity index (χ3v) is 4.38. The highest BCUT2D eigenvalue weighted by molar-refractivity contribution is 14.1. The van der Waals surface area contributed by atoms with E-state index < -0.39 is 11.7 Å². The third kappa shape index (κ3) is 6.04. The van der Waals surface area contributed by atoms with Crippen LogP contribution in [0.25, 0.3) is 0 Å². The minimum atomic E-state index is -0.481. The highest BCUT2D eigenvalue weighted by Crippen LogP contribution is 2.13. The highest BCUT2D eigenvalue weighted by Gasteiger charge is 2.13. The van der Waals surface area contributed by atoms with Crippen molar-refractivity contribution < 1.29 is 18.7 Å². The Hall–Kier alpha value is -1.26. The molecule has 0 saturated carbocycles. The highest BCUT2D eigenvalue weighted by atomic mass is 127. The molecule has 1 aromatic carbocycles. The lowest BCUT2D eigenvalue weighted by Crippen LogP contribution is -2.43. The molecule has 1 heterocycles. The van der Waals surface area contributed by atoms with Crippen LogP contribution in [0.1, 0.15) is 10.4 Å². The average Bonchev–Trinajstić information content (AvgIpc) is 2.56. The largest absolute Gasteiger partial charge is 0.379 e. The summed E-state index contributed by atoms with van der Waals surface area (Å²) in [5.74, 6) is -1.21. The summed E-state index contributed by atoms with van der Waals surface area (Å²) in [6, 6.07) is 3.97. The molecule has 0 bridgehead atoms. The number of amides is 2. The number of morpholine rings is 1. The maximum Gasteiger partial charge on any atom is 0.252 e. The molecule has 0 radical (unpaired) electrons. The zero-order valence-corrected chi connectivity index (χ0v) is 14.8. The molecule has 0 unspecified atom stereocenters. The van der Waals surface area contributed by atoms with Crippen molar-refractivity contribution in [3.63, 3.8) is 0 Å². The van der Waals surface area contributed by atoms with Crippen LogP contribution in [0.3, 0.4) is 0 Å². The molecule has 0 aliphatic carbocycles. The molecule has 0 atom stereocenters. The lowest BCUT2D eigenvalue weighted by Gasteiger charge is -2.26. The molecule has 2 amide bonds. The van der Waals surface area contributed by atoms with E-state index in [0.717, 1.165) is 38.9 Å². The Labute approximate surface area is 147 Å². The minimum Gasteiger partial charge on any atom is -0.379 e. The van der Waals surface area contributed by atoms with Crippen molar-refractivity contribution in [2.75, 3.05) is 45.9 Å². The van der Waals surface area contributed by atoms with Gasteiger partial charge in [0.15, 0.2) is 0 Å². The van der Waals surface area contributed by atoms with Crippen LogP contribution in [0.5, 0.6) is 0 Å². The van der Waals surface area contributed by atoms with Gasteiger partial charge in [0.2, 0.25) is 5.91 Å². The number of nitrogens with zero attached hydrogens (tertiary/aromatic N) is 1. The van der Waals surface area contributed by atoms with E-state index in [9.17, 15) is 14.0 Å². The van der Waals surface area contributed by atoms with Crippen molar-refractivity contribution in [3.05, 3.63) is 33.1 Å². The minimum absolute atomic E-state index is 0.130. The summed E-state index contributed by atoms with van der Waals surface area (Å²) in [6.45, 7) is 4.31. The number of rotatable bonds is 6. The Bertz CT molecular complexity index is 565. The second-order valence-corrected chi connectivity index (χ2v) is 6.27. The van der Waals surface area contributed by atoms with Crippen LogP contribution in [-0.2, 0) is 9.53 Å². The maximum absolute atomic E-state index is 13.2. The van der Waals surface area contributed by atoms with Crippen molar-refractivity contribution in [2.24, 2.45) is 0 Å². The van der Waals surface area contributed by atoms with E-state index in [4.69, 9.17) is 4.74 Å². The van der Waals surface area contributed by atoms with Gasteiger partial charge in [0, 0.05) is 29.7 Å². The van der Waals surface area contributed by atoms with Gasteiger partial charge in [-0.05, 0) is 40.8 Å².